The Bertz CT molecular complexity index is 601. The summed E-state index contributed by atoms with van der Waals surface area (Å²) in [6, 6.07) is 9.99. The van der Waals surface area contributed by atoms with Crippen molar-refractivity contribution in [3.63, 3.8) is 0 Å². The van der Waals surface area contributed by atoms with E-state index in [4.69, 9.17) is 11.6 Å². The van der Waals surface area contributed by atoms with Crippen LogP contribution in [0.1, 0.15) is 29.8 Å². The van der Waals surface area contributed by atoms with Crippen molar-refractivity contribution in [2.45, 2.75) is 26.5 Å². The Balaban J connectivity index is 2.35. The molecule has 2 rings (SSSR count). The second-order valence-electron chi connectivity index (χ2n) is 4.95. The molecule has 0 aliphatic heterocycles. The number of aliphatic hydroxyl groups excluding tert-OH is 1. The molecule has 0 spiro atoms. The first kappa shape index (κ1) is 14.8. The SMILES string of the molecule is Cc1cc(N(C)C(C)c2cccc(Cl)c2)c(CO)cn1. The topological polar surface area (TPSA) is 36.4 Å². The highest BCUT2D eigenvalue weighted by Crippen LogP contribution is 2.29. The number of nitrogens with zero attached hydrogens (tertiary/aromatic N) is 2. The van der Waals surface area contributed by atoms with Gasteiger partial charge in [-0.15, -0.1) is 0 Å². The standard InChI is InChI=1S/C16H19ClN2O/c1-11-7-16(14(10-20)9-18-11)19(3)12(2)13-5-4-6-15(17)8-13/h4-9,12,20H,10H2,1-3H3. The molecule has 0 radical (unpaired) electrons. The fraction of sp³-hybridized carbons (Fsp3) is 0.312. The molecule has 0 saturated carbocycles. The number of aromatic nitrogens is 1. The van der Waals surface area contributed by atoms with Gasteiger partial charge in [-0.25, -0.2) is 0 Å². The van der Waals surface area contributed by atoms with Gasteiger partial charge in [-0.2, -0.15) is 0 Å². The van der Waals surface area contributed by atoms with Gasteiger partial charge in [-0.05, 0) is 37.6 Å². The van der Waals surface area contributed by atoms with Crippen LogP contribution in [0.3, 0.4) is 0 Å². The molecule has 106 valence electrons. The number of aliphatic hydroxyl groups is 1. The molecular weight excluding hydrogens is 272 g/mol. The third kappa shape index (κ3) is 3.11. The Morgan fingerprint density at radius 2 is 2.10 bits per heavy atom. The molecule has 1 aromatic heterocycles. The Morgan fingerprint density at radius 3 is 2.75 bits per heavy atom. The summed E-state index contributed by atoms with van der Waals surface area (Å²) in [5.41, 5.74) is 3.89. The summed E-state index contributed by atoms with van der Waals surface area (Å²) in [5.74, 6) is 0. The summed E-state index contributed by atoms with van der Waals surface area (Å²) in [5, 5.41) is 10.2. The molecule has 0 aliphatic carbocycles. The van der Waals surface area contributed by atoms with Crippen molar-refractivity contribution in [3.05, 3.63) is 58.4 Å². The summed E-state index contributed by atoms with van der Waals surface area (Å²) < 4.78 is 0. The van der Waals surface area contributed by atoms with Gasteiger partial charge < -0.3 is 10.0 Å². The van der Waals surface area contributed by atoms with E-state index in [9.17, 15) is 5.11 Å². The van der Waals surface area contributed by atoms with Crippen molar-refractivity contribution < 1.29 is 5.11 Å². The maximum Gasteiger partial charge on any atom is 0.0717 e. The van der Waals surface area contributed by atoms with E-state index in [-0.39, 0.29) is 12.6 Å². The number of hydrogen-bond acceptors (Lipinski definition) is 3. The lowest BCUT2D eigenvalue weighted by molar-refractivity contribution is 0.281. The van der Waals surface area contributed by atoms with Gasteiger partial charge >= 0.3 is 0 Å². The van der Waals surface area contributed by atoms with Gasteiger partial charge in [-0.1, -0.05) is 23.7 Å². The maximum atomic E-state index is 9.47. The molecule has 1 unspecified atom stereocenters. The van der Waals surface area contributed by atoms with E-state index in [1.165, 1.54) is 0 Å². The quantitative estimate of drug-likeness (QED) is 0.932. The van der Waals surface area contributed by atoms with Crippen molar-refractivity contribution in [1.82, 2.24) is 4.98 Å². The number of anilines is 1. The Kier molecular flexibility index (Phi) is 4.63. The predicted octanol–water partition coefficient (Wildman–Crippen LogP) is 3.73. The fourth-order valence-electron chi connectivity index (χ4n) is 2.22. The van der Waals surface area contributed by atoms with E-state index in [0.717, 1.165) is 27.5 Å². The molecule has 0 saturated heterocycles. The first-order valence-corrected chi connectivity index (χ1v) is 6.95. The summed E-state index contributed by atoms with van der Waals surface area (Å²) in [4.78, 5) is 6.36. The van der Waals surface area contributed by atoms with Crippen molar-refractivity contribution >= 4 is 17.3 Å². The van der Waals surface area contributed by atoms with Crippen LogP contribution in [0.5, 0.6) is 0 Å². The van der Waals surface area contributed by atoms with Gasteiger partial charge in [0, 0.05) is 35.2 Å². The van der Waals surface area contributed by atoms with Crippen LogP contribution < -0.4 is 4.90 Å². The molecule has 4 heteroatoms. The first-order chi connectivity index (χ1) is 9.52. The summed E-state index contributed by atoms with van der Waals surface area (Å²) in [6.07, 6.45) is 1.73. The molecule has 1 N–H and O–H groups in total. The number of halogens is 1. The zero-order chi connectivity index (χ0) is 14.7. The van der Waals surface area contributed by atoms with Crippen molar-refractivity contribution in [2.75, 3.05) is 11.9 Å². The van der Waals surface area contributed by atoms with Crippen LogP contribution in [0.25, 0.3) is 0 Å². The van der Waals surface area contributed by atoms with Crippen LogP contribution in [-0.4, -0.2) is 17.1 Å². The van der Waals surface area contributed by atoms with E-state index in [0.29, 0.717) is 0 Å². The Morgan fingerprint density at radius 1 is 1.35 bits per heavy atom. The minimum Gasteiger partial charge on any atom is -0.392 e. The van der Waals surface area contributed by atoms with Crippen molar-refractivity contribution in [1.29, 1.82) is 0 Å². The lowest BCUT2D eigenvalue weighted by Gasteiger charge is -2.29. The van der Waals surface area contributed by atoms with E-state index < -0.39 is 0 Å². The summed E-state index contributed by atoms with van der Waals surface area (Å²) >= 11 is 6.05. The maximum absolute atomic E-state index is 9.47. The predicted molar refractivity (Wildman–Crippen MR) is 83.2 cm³/mol. The van der Waals surface area contributed by atoms with Crippen LogP contribution in [-0.2, 0) is 6.61 Å². The highest BCUT2D eigenvalue weighted by atomic mass is 35.5. The van der Waals surface area contributed by atoms with Gasteiger partial charge in [0.05, 0.1) is 12.6 Å². The molecular formula is C16H19ClN2O. The van der Waals surface area contributed by atoms with Crippen LogP contribution in [0, 0.1) is 6.92 Å². The van der Waals surface area contributed by atoms with E-state index in [1.807, 2.05) is 38.2 Å². The van der Waals surface area contributed by atoms with Crippen LogP contribution >= 0.6 is 11.6 Å². The molecule has 0 amide bonds. The minimum absolute atomic E-state index is 0.0186. The van der Waals surface area contributed by atoms with E-state index >= 15 is 0 Å². The van der Waals surface area contributed by atoms with Gasteiger partial charge in [0.15, 0.2) is 0 Å². The van der Waals surface area contributed by atoms with E-state index in [2.05, 4.69) is 22.9 Å². The molecule has 3 nitrogen and oxygen atoms in total. The lowest BCUT2D eigenvalue weighted by Crippen LogP contribution is -2.23. The first-order valence-electron chi connectivity index (χ1n) is 6.57. The highest BCUT2D eigenvalue weighted by molar-refractivity contribution is 6.30. The second kappa shape index (κ2) is 6.25. The number of aryl methyl sites for hydroxylation is 1. The number of benzene rings is 1. The summed E-state index contributed by atoms with van der Waals surface area (Å²) in [6.45, 7) is 4.04. The smallest absolute Gasteiger partial charge is 0.0717 e. The molecule has 1 atom stereocenters. The van der Waals surface area contributed by atoms with Crippen LogP contribution in [0.15, 0.2) is 36.5 Å². The van der Waals surface area contributed by atoms with Gasteiger partial charge in [0.25, 0.3) is 0 Å². The number of hydrogen-bond donors (Lipinski definition) is 1. The van der Waals surface area contributed by atoms with Gasteiger partial charge in [0.2, 0.25) is 0 Å². The lowest BCUT2D eigenvalue weighted by atomic mass is 10.1. The average Bonchev–Trinajstić information content (AvgIpc) is 2.45. The van der Waals surface area contributed by atoms with Crippen molar-refractivity contribution in [2.24, 2.45) is 0 Å². The third-order valence-corrected chi connectivity index (χ3v) is 3.80. The minimum atomic E-state index is -0.0186. The number of pyridine rings is 1. The highest BCUT2D eigenvalue weighted by Gasteiger charge is 2.16. The molecule has 0 fully saturated rings. The molecule has 1 heterocycles. The van der Waals surface area contributed by atoms with Crippen LogP contribution in [0.4, 0.5) is 5.69 Å². The van der Waals surface area contributed by atoms with Gasteiger partial charge in [-0.3, -0.25) is 4.98 Å². The molecule has 20 heavy (non-hydrogen) atoms. The third-order valence-electron chi connectivity index (χ3n) is 3.56. The summed E-state index contributed by atoms with van der Waals surface area (Å²) in [7, 11) is 2.01. The fourth-order valence-corrected chi connectivity index (χ4v) is 2.42. The Hall–Kier alpha value is -1.58. The molecule has 0 aliphatic rings. The zero-order valence-electron chi connectivity index (χ0n) is 12.0. The monoisotopic (exact) mass is 290 g/mol. The Labute approximate surface area is 124 Å². The van der Waals surface area contributed by atoms with Crippen molar-refractivity contribution in [3.8, 4) is 0 Å². The molecule has 0 bridgehead atoms. The van der Waals surface area contributed by atoms with Crippen LogP contribution in [0.2, 0.25) is 5.02 Å². The van der Waals surface area contributed by atoms with E-state index in [1.54, 1.807) is 6.20 Å². The second-order valence-corrected chi connectivity index (χ2v) is 5.39. The largest absolute Gasteiger partial charge is 0.392 e. The zero-order valence-corrected chi connectivity index (χ0v) is 12.7. The normalized spacial score (nSPS) is 12.2. The molecule has 2 aromatic rings. The molecule has 1 aromatic carbocycles. The number of rotatable bonds is 4. The van der Waals surface area contributed by atoms with Gasteiger partial charge in [0.1, 0.15) is 0 Å². The average molecular weight is 291 g/mol.